The summed E-state index contributed by atoms with van der Waals surface area (Å²) in [5, 5.41) is 13.5. The van der Waals surface area contributed by atoms with Crippen molar-refractivity contribution in [3.05, 3.63) is 35.2 Å². The molecule has 26 heavy (non-hydrogen) atoms. The van der Waals surface area contributed by atoms with Crippen LogP contribution in [0.25, 0.3) is 11.4 Å². The Hall–Kier alpha value is -2.41. The van der Waals surface area contributed by atoms with Gasteiger partial charge in [0.05, 0.1) is 6.42 Å². The van der Waals surface area contributed by atoms with Gasteiger partial charge in [-0.2, -0.15) is 4.98 Å². The van der Waals surface area contributed by atoms with Crippen LogP contribution >= 0.6 is 11.6 Å². The molecular weight excluding hydrogens is 358 g/mol. The van der Waals surface area contributed by atoms with Gasteiger partial charge in [-0.25, -0.2) is 0 Å². The quantitative estimate of drug-likeness (QED) is 0.795. The third-order valence-electron chi connectivity index (χ3n) is 4.46. The Kier molecular flexibility index (Phi) is 5.88. The van der Waals surface area contributed by atoms with Crippen molar-refractivity contribution in [2.75, 3.05) is 6.54 Å². The SMILES string of the molecule is O=C(O)CC1CCCN1C(=O)CCCc1nc(-c2ccc(Cl)cc2)no1. The molecule has 1 N–H and O–H groups in total. The molecule has 1 amide bonds. The monoisotopic (exact) mass is 377 g/mol. The van der Waals surface area contributed by atoms with Crippen molar-refractivity contribution in [1.29, 1.82) is 0 Å². The number of halogens is 1. The summed E-state index contributed by atoms with van der Waals surface area (Å²) in [5.41, 5.74) is 0.814. The molecule has 1 aliphatic rings. The summed E-state index contributed by atoms with van der Waals surface area (Å²) in [4.78, 5) is 29.3. The van der Waals surface area contributed by atoms with E-state index in [-0.39, 0.29) is 18.4 Å². The van der Waals surface area contributed by atoms with E-state index in [9.17, 15) is 9.59 Å². The summed E-state index contributed by atoms with van der Waals surface area (Å²) in [6.07, 6.45) is 3.06. The molecule has 7 nitrogen and oxygen atoms in total. The van der Waals surface area contributed by atoms with Gasteiger partial charge in [0.15, 0.2) is 0 Å². The fourth-order valence-electron chi connectivity index (χ4n) is 3.18. The van der Waals surface area contributed by atoms with Crippen molar-refractivity contribution in [2.24, 2.45) is 0 Å². The van der Waals surface area contributed by atoms with Crippen LogP contribution < -0.4 is 0 Å². The number of carboxylic acids is 1. The first-order valence-electron chi connectivity index (χ1n) is 8.62. The lowest BCUT2D eigenvalue weighted by Crippen LogP contribution is -2.36. The van der Waals surface area contributed by atoms with Crippen LogP contribution in [0.3, 0.4) is 0 Å². The molecular formula is C18H20ClN3O4. The zero-order valence-corrected chi connectivity index (χ0v) is 15.0. The highest BCUT2D eigenvalue weighted by Crippen LogP contribution is 2.22. The molecule has 1 unspecified atom stereocenters. The zero-order chi connectivity index (χ0) is 18.5. The first-order valence-corrected chi connectivity index (χ1v) is 9.00. The highest BCUT2D eigenvalue weighted by Gasteiger charge is 2.29. The Bertz CT molecular complexity index is 775. The Morgan fingerprint density at radius 1 is 1.31 bits per heavy atom. The van der Waals surface area contributed by atoms with E-state index in [2.05, 4.69) is 10.1 Å². The van der Waals surface area contributed by atoms with Gasteiger partial charge in [-0.15, -0.1) is 0 Å². The highest BCUT2D eigenvalue weighted by atomic mass is 35.5. The van der Waals surface area contributed by atoms with Gasteiger partial charge in [-0.3, -0.25) is 9.59 Å². The summed E-state index contributed by atoms with van der Waals surface area (Å²) >= 11 is 5.86. The smallest absolute Gasteiger partial charge is 0.305 e. The van der Waals surface area contributed by atoms with Crippen LogP contribution in [0.15, 0.2) is 28.8 Å². The summed E-state index contributed by atoms with van der Waals surface area (Å²) in [6.45, 7) is 0.637. The molecule has 1 aromatic heterocycles. The Balaban J connectivity index is 1.50. The molecule has 0 saturated carbocycles. The van der Waals surface area contributed by atoms with E-state index in [4.69, 9.17) is 21.2 Å². The molecule has 2 heterocycles. The number of carboxylic acid groups (broad SMARTS) is 1. The lowest BCUT2D eigenvalue weighted by molar-refractivity contribution is -0.139. The zero-order valence-electron chi connectivity index (χ0n) is 14.2. The molecule has 8 heteroatoms. The number of aryl methyl sites for hydroxylation is 1. The van der Waals surface area contributed by atoms with E-state index in [0.29, 0.717) is 42.5 Å². The fraction of sp³-hybridized carbons (Fsp3) is 0.444. The van der Waals surface area contributed by atoms with Crippen molar-refractivity contribution in [2.45, 2.75) is 44.6 Å². The Labute approximate surface area is 155 Å². The van der Waals surface area contributed by atoms with Gasteiger partial charge in [-0.05, 0) is 43.5 Å². The number of hydrogen-bond acceptors (Lipinski definition) is 5. The lowest BCUT2D eigenvalue weighted by Gasteiger charge is -2.23. The molecule has 0 spiro atoms. The number of benzene rings is 1. The van der Waals surface area contributed by atoms with Crippen molar-refractivity contribution < 1.29 is 19.2 Å². The first-order chi connectivity index (χ1) is 12.5. The van der Waals surface area contributed by atoms with E-state index in [1.54, 1.807) is 17.0 Å². The maximum absolute atomic E-state index is 12.3. The van der Waals surface area contributed by atoms with Gasteiger partial charge in [0, 0.05) is 36.0 Å². The predicted octanol–water partition coefficient (Wildman–Crippen LogP) is 3.18. The first kappa shape index (κ1) is 18.4. The van der Waals surface area contributed by atoms with E-state index < -0.39 is 5.97 Å². The van der Waals surface area contributed by atoms with Crippen LogP contribution in [-0.4, -0.2) is 44.6 Å². The number of aliphatic carboxylic acids is 1. The Morgan fingerprint density at radius 2 is 2.08 bits per heavy atom. The van der Waals surface area contributed by atoms with E-state index >= 15 is 0 Å². The molecule has 1 aliphatic heterocycles. The number of aromatic nitrogens is 2. The van der Waals surface area contributed by atoms with Gasteiger partial charge in [0.25, 0.3) is 0 Å². The number of rotatable bonds is 7. The summed E-state index contributed by atoms with van der Waals surface area (Å²) in [7, 11) is 0. The second kappa shape index (κ2) is 8.31. The topological polar surface area (TPSA) is 96.5 Å². The van der Waals surface area contributed by atoms with Crippen molar-refractivity contribution in [1.82, 2.24) is 15.0 Å². The van der Waals surface area contributed by atoms with Crippen molar-refractivity contribution in [3.63, 3.8) is 0 Å². The van der Waals surface area contributed by atoms with E-state index in [0.717, 1.165) is 18.4 Å². The van der Waals surface area contributed by atoms with Crippen LogP contribution in [0.4, 0.5) is 0 Å². The second-order valence-electron chi connectivity index (χ2n) is 6.35. The average Bonchev–Trinajstić information content (AvgIpc) is 3.24. The number of likely N-dealkylation sites (tertiary alicyclic amines) is 1. The molecule has 1 aromatic carbocycles. The number of carbonyl (C=O) groups excluding carboxylic acids is 1. The molecule has 1 fully saturated rings. The maximum Gasteiger partial charge on any atom is 0.305 e. The van der Waals surface area contributed by atoms with Crippen LogP contribution in [-0.2, 0) is 16.0 Å². The van der Waals surface area contributed by atoms with Gasteiger partial charge in [0.2, 0.25) is 17.6 Å². The van der Waals surface area contributed by atoms with Crippen molar-refractivity contribution >= 4 is 23.5 Å². The van der Waals surface area contributed by atoms with Gasteiger partial charge in [0.1, 0.15) is 0 Å². The number of hydrogen-bond donors (Lipinski definition) is 1. The van der Waals surface area contributed by atoms with Gasteiger partial charge in [-0.1, -0.05) is 16.8 Å². The average molecular weight is 378 g/mol. The third kappa shape index (κ3) is 4.60. The minimum atomic E-state index is -0.865. The largest absolute Gasteiger partial charge is 0.481 e. The second-order valence-corrected chi connectivity index (χ2v) is 6.79. The maximum atomic E-state index is 12.3. The van der Waals surface area contributed by atoms with E-state index in [1.165, 1.54) is 0 Å². The van der Waals surface area contributed by atoms with E-state index in [1.807, 2.05) is 12.1 Å². The summed E-state index contributed by atoms with van der Waals surface area (Å²) in [5.74, 6) is 0.0943. The molecule has 0 radical (unpaired) electrons. The Morgan fingerprint density at radius 3 is 2.81 bits per heavy atom. The number of nitrogens with zero attached hydrogens (tertiary/aromatic N) is 3. The molecule has 2 aromatic rings. The standard InChI is InChI=1S/C18H20ClN3O4/c19-13-8-6-12(7-9-13)18-20-15(26-21-18)4-1-5-16(23)22-10-2-3-14(22)11-17(24)25/h6-9,14H,1-5,10-11H2,(H,24,25). The molecule has 3 rings (SSSR count). The summed E-state index contributed by atoms with van der Waals surface area (Å²) in [6, 6.07) is 6.97. The highest BCUT2D eigenvalue weighted by molar-refractivity contribution is 6.30. The number of amides is 1. The third-order valence-corrected chi connectivity index (χ3v) is 4.71. The van der Waals surface area contributed by atoms with Gasteiger partial charge >= 0.3 is 5.97 Å². The van der Waals surface area contributed by atoms with Crippen molar-refractivity contribution in [3.8, 4) is 11.4 Å². The van der Waals surface area contributed by atoms with Crippen LogP contribution in [0.2, 0.25) is 5.02 Å². The molecule has 0 aliphatic carbocycles. The van der Waals surface area contributed by atoms with Crippen LogP contribution in [0, 0.1) is 0 Å². The normalized spacial score (nSPS) is 16.8. The molecule has 1 saturated heterocycles. The fourth-order valence-corrected chi connectivity index (χ4v) is 3.31. The summed E-state index contributed by atoms with van der Waals surface area (Å²) < 4.78 is 5.23. The number of carbonyl (C=O) groups is 2. The minimum Gasteiger partial charge on any atom is -0.481 e. The predicted molar refractivity (Wildman–Crippen MR) is 94.7 cm³/mol. The minimum absolute atomic E-state index is 0.00816. The molecule has 138 valence electrons. The lowest BCUT2D eigenvalue weighted by atomic mass is 10.1. The van der Waals surface area contributed by atoms with Gasteiger partial charge < -0.3 is 14.5 Å². The van der Waals surface area contributed by atoms with Crippen LogP contribution in [0.5, 0.6) is 0 Å². The molecule has 1 atom stereocenters. The molecule has 0 bridgehead atoms. The van der Waals surface area contributed by atoms with Crippen LogP contribution in [0.1, 0.15) is 38.0 Å².